The summed E-state index contributed by atoms with van der Waals surface area (Å²) >= 11 is 0. The number of ether oxygens (including phenoxy) is 5. The zero-order chi connectivity index (χ0) is 31.7. The number of carboxylic acid groups (broad SMARTS) is 2. The third-order valence-corrected chi connectivity index (χ3v) is 5.32. The molecule has 4 N–H and O–H groups in total. The molecule has 0 aliphatic rings. The van der Waals surface area contributed by atoms with E-state index in [1.807, 2.05) is 0 Å². The molecule has 0 aliphatic carbocycles. The molecule has 0 radical (unpaired) electrons. The van der Waals surface area contributed by atoms with Crippen molar-refractivity contribution in [2.24, 2.45) is 0 Å². The minimum absolute atomic E-state index is 0.00337. The number of aliphatic hydroxyl groups is 1. The summed E-state index contributed by atoms with van der Waals surface area (Å²) < 4.78 is 27.4. The van der Waals surface area contributed by atoms with Gasteiger partial charge in [0.15, 0.2) is 6.29 Å². The highest BCUT2D eigenvalue weighted by Crippen LogP contribution is 2.16. The lowest BCUT2D eigenvalue weighted by molar-refractivity contribution is -0.156. The van der Waals surface area contributed by atoms with Gasteiger partial charge in [-0.15, -0.1) is 0 Å². The molecule has 0 saturated carbocycles. The van der Waals surface area contributed by atoms with E-state index in [1.165, 1.54) is 12.1 Å². The van der Waals surface area contributed by atoms with Gasteiger partial charge >= 0.3 is 18.0 Å². The lowest BCUT2D eigenvalue weighted by Crippen LogP contribution is -2.44. The van der Waals surface area contributed by atoms with Crippen LogP contribution < -0.4 is 14.8 Å². The molecule has 2 aromatic rings. The highest BCUT2D eigenvalue weighted by molar-refractivity contribution is 5.88. The molecular weight excluding hydrogens is 562 g/mol. The summed E-state index contributed by atoms with van der Waals surface area (Å²) in [5, 5.41) is 30.0. The van der Waals surface area contributed by atoms with Crippen LogP contribution in [0.5, 0.6) is 11.5 Å². The Kier molecular flexibility index (Phi) is 14.7. The van der Waals surface area contributed by atoms with Crippen LogP contribution in [0.2, 0.25) is 0 Å². The molecule has 0 saturated heterocycles. The molecule has 2 rings (SSSR count). The summed E-state index contributed by atoms with van der Waals surface area (Å²) in [4.78, 5) is 34.6. The normalized spacial score (nSPS) is 13.0. The fourth-order valence-corrected chi connectivity index (χ4v) is 3.39. The number of allylic oxidation sites excluding steroid dienone is 2. The van der Waals surface area contributed by atoms with Crippen LogP contribution in [-0.2, 0) is 25.4 Å². The second kappa shape index (κ2) is 18.2. The van der Waals surface area contributed by atoms with Gasteiger partial charge in [0.25, 0.3) is 0 Å². The minimum Gasteiger partial charge on any atom is -0.490 e. The number of carbonyl (C=O) groups is 3. The van der Waals surface area contributed by atoms with E-state index in [0.717, 1.165) is 0 Å². The van der Waals surface area contributed by atoms with Crippen molar-refractivity contribution in [2.75, 3.05) is 33.0 Å². The van der Waals surface area contributed by atoms with Gasteiger partial charge in [-0.25, -0.2) is 14.4 Å². The molecule has 0 aromatic heterocycles. The van der Waals surface area contributed by atoms with Crippen LogP contribution in [0.15, 0.2) is 72.8 Å². The zero-order valence-electron chi connectivity index (χ0n) is 24.4. The van der Waals surface area contributed by atoms with E-state index in [9.17, 15) is 19.5 Å². The largest absolute Gasteiger partial charge is 0.490 e. The summed E-state index contributed by atoms with van der Waals surface area (Å²) in [5.74, 6) is -1.28. The number of rotatable bonds is 18. The lowest BCUT2D eigenvalue weighted by Gasteiger charge is -2.22. The SMILES string of the molecule is CC(C)(C)OC(=O)N[C@@H](Cc1ccc(OC/C=C/C=C/COC(COc2cccc(C(=O)O)c2)OCCO)cc1)C(=O)O. The summed E-state index contributed by atoms with van der Waals surface area (Å²) in [5.41, 5.74) is 0.0642. The molecule has 0 fully saturated rings. The van der Waals surface area contributed by atoms with E-state index in [2.05, 4.69) is 5.32 Å². The fraction of sp³-hybridized carbons (Fsp3) is 0.387. The number of carbonyl (C=O) groups excluding carboxylic acids is 1. The van der Waals surface area contributed by atoms with Crippen molar-refractivity contribution in [2.45, 2.75) is 45.1 Å². The first-order valence-electron chi connectivity index (χ1n) is 13.5. The summed E-state index contributed by atoms with van der Waals surface area (Å²) in [6.07, 6.45) is 5.57. The van der Waals surface area contributed by atoms with E-state index in [0.29, 0.717) is 17.1 Å². The molecule has 0 bridgehead atoms. The van der Waals surface area contributed by atoms with Crippen LogP contribution in [0.25, 0.3) is 0 Å². The van der Waals surface area contributed by atoms with Crippen molar-refractivity contribution >= 4 is 18.0 Å². The maximum atomic E-state index is 11.9. The molecule has 0 heterocycles. The molecular formula is C31H39NO11. The number of carboxylic acids is 2. The molecule has 0 spiro atoms. The van der Waals surface area contributed by atoms with Crippen molar-refractivity contribution in [3.63, 3.8) is 0 Å². The first-order chi connectivity index (χ1) is 20.5. The predicted octanol–water partition coefficient (Wildman–Crippen LogP) is 3.83. The van der Waals surface area contributed by atoms with Gasteiger partial charge in [0.2, 0.25) is 0 Å². The first kappa shape index (κ1) is 34.8. The van der Waals surface area contributed by atoms with E-state index in [-0.39, 0.29) is 45.0 Å². The molecule has 0 aliphatic heterocycles. The molecule has 234 valence electrons. The quantitative estimate of drug-likeness (QED) is 0.145. The number of amides is 1. The topological polar surface area (TPSA) is 170 Å². The van der Waals surface area contributed by atoms with Gasteiger partial charge in [-0.05, 0) is 62.7 Å². The number of alkyl carbamates (subject to hydrolysis) is 1. The van der Waals surface area contributed by atoms with E-state index in [4.69, 9.17) is 33.9 Å². The average Bonchev–Trinajstić information content (AvgIpc) is 2.95. The molecule has 43 heavy (non-hydrogen) atoms. The van der Waals surface area contributed by atoms with Crippen molar-refractivity contribution < 1.29 is 53.4 Å². The van der Waals surface area contributed by atoms with Crippen LogP contribution in [0.3, 0.4) is 0 Å². The average molecular weight is 602 g/mol. The number of hydrogen-bond donors (Lipinski definition) is 4. The lowest BCUT2D eigenvalue weighted by atomic mass is 10.1. The van der Waals surface area contributed by atoms with Gasteiger partial charge in [0, 0.05) is 6.42 Å². The van der Waals surface area contributed by atoms with Crippen LogP contribution in [0.4, 0.5) is 4.79 Å². The Hall–Kier alpha value is -4.39. The Morgan fingerprint density at radius 3 is 2.23 bits per heavy atom. The Balaban J connectivity index is 1.74. The molecule has 2 atom stereocenters. The van der Waals surface area contributed by atoms with Crippen LogP contribution >= 0.6 is 0 Å². The number of aliphatic hydroxyl groups excluding tert-OH is 1. The monoisotopic (exact) mass is 601 g/mol. The molecule has 1 amide bonds. The second-order valence-corrected chi connectivity index (χ2v) is 10.1. The molecule has 12 nitrogen and oxygen atoms in total. The number of hydrogen-bond acceptors (Lipinski definition) is 9. The Labute approximate surface area is 250 Å². The van der Waals surface area contributed by atoms with E-state index in [1.54, 1.807) is 81.5 Å². The zero-order valence-corrected chi connectivity index (χ0v) is 24.4. The van der Waals surface area contributed by atoms with Crippen molar-refractivity contribution in [3.05, 3.63) is 84.0 Å². The Morgan fingerprint density at radius 1 is 0.907 bits per heavy atom. The third-order valence-electron chi connectivity index (χ3n) is 5.32. The summed E-state index contributed by atoms with van der Waals surface area (Å²) in [7, 11) is 0. The second-order valence-electron chi connectivity index (χ2n) is 10.1. The van der Waals surface area contributed by atoms with Crippen molar-refractivity contribution in [1.82, 2.24) is 5.32 Å². The molecule has 1 unspecified atom stereocenters. The van der Waals surface area contributed by atoms with Gasteiger partial charge in [-0.2, -0.15) is 0 Å². The predicted molar refractivity (Wildman–Crippen MR) is 156 cm³/mol. The molecule has 12 heteroatoms. The minimum atomic E-state index is -1.17. The van der Waals surface area contributed by atoms with Crippen molar-refractivity contribution in [3.8, 4) is 11.5 Å². The highest BCUT2D eigenvalue weighted by Gasteiger charge is 2.24. The van der Waals surface area contributed by atoms with Gasteiger partial charge in [0.1, 0.15) is 36.4 Å². The summed E-state index contributed by atoms with van der Waals surface area (Å²) in [6.45, 7) is 5.42. The molecule has 2 aromatic carbocycles. The van der Waals surface area contributed by atoms with Crippen LogP contribution in [-0.4, -0.2) is 84.3 Å². The number of nitrogens with one attached hydrogen (secondary N) is 1. The van der Waals surface area contributed by atoms with Gasteiger partial charge < -0.3 is 44.3 Å². The number of aromatic carboxylic acids is 1. The van der Waals surface area contributed by atoms with Crippen LogP contribution in [0.1, 0.15) is 36.7 Å². The Bertz CT molecular complexity index is 1220. The van der Waals surface area contributed by atoms with E-state index < -0.39 is 36.0 Å². The number of benzene rings is 2. The van der Waals surface area contributed by atoms with Gasteiger partial charge in [-0.3, -0.25) is 0 Å². The van der Waals surface area contributed by atoms with Crippen molar-refractivity contribution in [1.29, 1.82) is 0 Å². The first-order valence-corrected chi connectivity index (χ1v) is 13.5. The highest BCUT2D eigenvalue weighted by atomic mass is 16.7. The van der Waals surface area contributed by atoms with Gasteiger partial charge in [0.05, 0.1) is 25.4 Å². The smallest absolute Gasteiger partial charge is 0.408 e. The third kappa shape index (κ3) is 14.9. The maximum Gasteiger partial charge on any atom is 0.408 e. The standard InChI is InChI=1S/C31H39NO11/c1-31(2,3)43-30(38)32-26(29(36)37)19-22-11-13-24(14-12-22)39-16-6-4-5-7-17-40-27(41-18-15-33)21-42-25-10-8-9-23(20-25)28(34)35/h4-14,20,26-27,33H,15-19,21H2,1-3H3,(H,32,38)(H,34,35)(H,36,37)/b6-4+,7-5+/t26-,27?/m0/s1. The fourth-order valence-electron chi connectivity index (χ4n) is 3.39. The maximum absolute atomic E-state index is 11.9. The Morgan fingerprint density at radius 2 is 1.60 bits per heavy atom. The van der Waals surface area contributed by atoms with Crippen LogP contribution in [0, 0.1) is 0 Å². The summed E-state index contributed by atoms with van der Waals surface area (Å²) in [6, 6.07) is 11.8. The van der Waals surface area contributed by atoms with E-state index >= 15 is 0 Å². The number of aliphatic carboxylic acids is 1. The van der Waals surface area contributed by atoms with Gasteiger partial charge in [-0.1, -0.05) is 36.4 Å².